The Bertz CT molecular complexity index is 400. The van der Waals surface area contributed by atoms with Gasteiger partial charge in [0.1, 0.15) is 5.82 Å². The molecule has 1 atom stereocenters. The molecule has 0 unspecified atom stereocenters. The van der Waals surface area contributed by atoms with Crippen LogP contribution in [0, 0.1) is 0 Å². The normalized spacial score (nSPS) is 19.0. The zero-order valence-corrected chi connectivity index (χ0v) is 11.0. The molecule has 0 aromatic carbocycles. The van der Waals surface area contributed by atoms with Gasteiger partial charge in [-0.3, -0.25) is 4.98 Å². The van der Waals surface area contributed by atoms with Crippen LogP contribution in [0.15, 0.2) is 18.6 Å². The molecule has 1 aromatic heterocycles. The van der Waals surface area contributed by atoms with E-state index in [2.05, 4.69) is 20.6 Å². The maximum absolute atomic E-state index is 11.9. The lowest BCUT2D eigenvalue weighted by Crippen LogP contribution is -2.49. The summed E-state index contributed by atoms with van der Waals surface area (Å²) in [6, 6.07) is -0.0453. The third-order valence-electron chi connectivity index (χ3n) is 2.80. The van der Waals surface area contributed by atoms with Crippen molar-refractivity contribution >= 4 is 11.8 Å². The third kappa shape index (κ3) is 4.36. The Kier molecular flexibility index (Phi) is 4.91. The zero-order valence-electron chi connectivity index (χ0n) is 11.0. The van der Waals surface area contributed by atoms with Crippen molar-refractivity contribution < 1.29 is 9.53 Å². The second-order valence-corrected chi connectivity index (χ2v) is 4.38. The number of hydrogen-bond acceptors (Lipinski definition) is 5. The predicted octanol–water partition coefficient (Wildman–Crippen LogP) is 0.319. The van der Waals surface area contributed by atoms with Gasteiger partial charge in [0.05, 0.1) is 18.9 Å². The smallest absolute Gasteiger partial charge is 0.317 e. The zero-order chi connectivity index (χ0) is 13.5. The van der Waals surface area contributed by atoms with Crippen LogP contribution in [-0.2, 0) is 4.74 Å². The lowest BCUT2D eigenvalue weighted by atomic mass is 10.3. The first kappa shape index (κ1) is 13.5. The second kappa shape index (κ2) is 6.89. The van der Waals surface area contributed by atoms with Crippen LogP contribution in [0.1, 0.15) is 6.92 Å². The molecule has 2 amide bonds. The number of carbonyl (C=O) groups excluding carboxylic acids is 1. The van der Waals surface area contributed by atoms with E-state index in [-0.39, 0.29) is 12.1 Å². The molecule has 1 saturated heterocycles. The van der Waals surface area contributed by atoms with Crippen molar-refractivity contribution in [2.45, 2.75) is 13.0 Å². The number of urea groups is 1. The Balaban J connectivity index is 1.64. The minimum atomic E-state index is -0.0453. The van der Waals surface area contributed by atoms with Gasteiger partial charge in [0.2, 0.25) is 0 Å². The predicted molar refractivity (Wildman–Crippen MR) is 70.9 cm³/mol. The molecular weight excluding hydrogens is 246 g/mol. The van der Waals surface area contributed by atoms with E-state index >= 15 is 0 Å². The van der Waals surface area contributed by atoms with E-state index in [0.29, 0.717) is 38.6 Å². The maximum atomic E-state index is 11.9. The summed E-state index contributed by atoms with van der Waals surface area (Å²) in [5.41, 5.74) is 0. The molecule has 0 aliphatic carbocycles. The average molecular weight is 265 g/mol. The van der Waals surface area contributed by atoms with Crippen molar-refractivity contribution in [2.75, 3.05) is 38.1 Å². The molecule has 0 bridgehead atoms. The summed E-state index contributed by atoms with van der Waals surface area (Å²) < 4.78 is 5.39. The highest BCUT2D eigenvalue weighted by molar-refractivity contribution is 5.74. The van der Waals surface area contributed by atoms with E-state index in [9.17, 15) is 4.79 Å². The van der Waals surface area contributed by atoms with Crippen molar-refractivity contribution in [3.05, 3.63) is 18.6 Å². The molecule has 0 saturated carbocycles. The van der Waals surface area contributed by atoms with Crippen molar-refractivity contribution in [2.24, 2.45) is 0 Å². The number of nitrogens with one attached hydrogen (secondary N) is 2. The fourth-order valence-electron chi connectivity index (χ4n) is 1.87. The fraction of sp³-hybridized carbons (Fsp3) is 0.583. The van der Waals surface area contributed by atoms with Gasteiger partial charge in [0.15, 0.2) is 0 Å². The van der Waals surface area contributed by atoms with Gasteiger partial charge in [-0.2, -0.15) is 0 Å². The Morgan fingerprint density at radius 3 is 3.16 bits per heavy atom. The van der Waals surface area contributed by atoms with Crippen LogP contribution in [0.25, 0.3) is 0 Å². The Morgan fingerprint density at radius 1 is 1.53 bits per heavy atom. The molecule has 1 aliphatic rings. The molecule has 19 heavy (non-hydrogen) atoms. The first-order valence-corrected chi connectivity index (χ1v) is 6.40. The highest BCUT2D eigenvalue weighted by Crippen LogP contribution is 2.04. The summed E-state index contributed by atoms with van der Waals surface area (Å²) in [5, 5.41) is 5.94. The van der Waals surface area contributed by atoms with Gasteiger partial charge in [-0.1, -0.05) is 0 Å². The lowest BCUT2D eigenvalue weighted by molar-refractivity contribution is -0.00340. The molecule has 104 valence electrons. The highest BCUT2D eigenvalue weighted by Gasteiger charge is 2.20. The molecule has 2 rings (SSSR count). The number of nitrogens with zero attached hydrogens (tertiary/aromatic N) is 3. The minimum Gasteiger partial charge on any atom is -0.375 e. The van der Waals surface area contributed by atoms with Gasteiger partial charge < -0.3 is 20.3 Å². The van der Waals surface area contributed by atoms with E-state index < -0.39 is 0 Å². The number of ether oxygens (including phenoxy) is 1. The summed E-state index contributed by atoms with van der Waals surface area (Å²) >= 11 is 0. The Morgan fingerprint density at radius 2 is 2.42 bits per heavy atom. The Hall–Kier alpha value is -1.89. The molecule has 7 nitrogen and oxygen atoms in total. The largest absolute Gasteiger partial charge is 0.375 e. The molecule has 2 heterocycles. The molecule has 1 aliphatic heterocycles. The highest BCUT2D eigenvalue weighted by atomic mass is 16.5. The van der Waals surface area contributed by atoms with E-state index in [1.165, 1.54) is 0 Å². The number of carbonyl (C=O) groups is 1. The first-order valence-electron chi connectivity index (χ1n) is 6.40. The van der Waals surface area contributed by atoms with Crippen molar-refractivity contribution in [3.63, 3.8) is 0 Å². The number of aromatic nitrogens is 2. The first-order chi connectivity index (χ1) is 9.25. The van der Waals surface area contributed by atoms with Crippen LogP contribution in [-0.4, -0.2) is 59.8 Å². The van der Waals surface area contributed by atoms with Gasteiger partial charge in [-0.05, 0) is 6.92 Å². The third-order valence-corrected chi connectivity index (χ3v) is 2.80. The maximum Gasteiger partial charge on any atom is 0.317 e. The molecule has 2 N–H and O–H groups in total. The van der Waals surface area contributed by atoms with Gasteiger partial charge in [0.25, 0.3) is 0 Å². The Labute approximate surface area is 112 Å². The summed E-state index contributed by atoms with van der Waals surface area (Å²) in [5.74, 6) is 0.705. The minimum absolute atomic E-state index is 0.0453. The number of rotatable bonds is 4. The quantitative estimate of drug-likeness (QED) is 0.766. The average Bonchev–Trinajstić information content (AvgIpc) is 2.44. The number of hydrogen-bond donors (Lipinski definition) is 2. The van der Waals surface area contributed by atoms with Crippen LogP contribution < -0.4 is 10.6 Å². The molecule has 7 heteroatoms. The second-order valence-electron chi connectivity index (χ2n) is 4.38. The molecular formula is C12H19N5O2. The van der Waals surface area contributed by atoms with Crippen molar-refractivity contribution in [3.8, 4) is 0 Å². The number of morpholine rings is 1. The van der Waals surface area contributed by atoms with E-state index in [1.807, 2.05) is 6.92 Å². The van der Waals surface area contributed by atoms with Crippen LogP contribution in [0.4, 0.5) is 10.6 Å². The van der Waals surface area contributed by atoms with Crippen molar-refractivity contribution in [1.82, 2.24) is 20.2 Å². The van der Waals surface area contributed by atoms with Crippen LogP contribution in [0.2, 0.25) is 0 Å². The SMILES string of the molecule is C[C@H]1CN(C(=O)NCCNc2cnccn2)CCO1. The van der Waals surface area contributed by atoms with Gasteiger partial charge >= 0.3 is 6.03 Å². The molecule has 1 fully saturated rings. The van der Waals surface area contributed by atoms with Crippen molar-refractivity contribution in [1.29, 1.82) is 0 Å². The molecule has 0 spiro atoms. The van der Waals surface area contributed by atoms with Crippen LogP contribution in [0.5, 0.6) is 0 Å². The number of amides is 2. The van der Waals surface area contributed by atoms with Gasteiger partial charge in [-0.15, -0.1) is 0 Å². The topological polar surface area (TPSA) is 79.4 Å². The standard InChI is InChI=1S/C12H19N5O2/c1-10-9-17(6-7-19-10)12(18)16-5-4-15-11-8-13-2-3-14-11/h2-3,8,10H,4-7,9H2,1H3,(H,14,15)(H,16,18)/t10-/m0/s1. The van der Waals surface area contributed by atoms with Crippen LogP contribution >= 0.6 is 0 Å². The fourth-order valence-corrected chi connectivity index (χ4v) is 1.87. The van der Waals surface area contributed by atoms with E-state index in [1.54, 1.807) is 23.5 Å². The monoisotopic (exact) mass is 265 g/mol. The summed E-state index contributed by atoms with van der Waals surface area (Å²) in [4.78, 5) is 21.7. The van der Waals surface area contributed by atoms with E-state index in [4.69, 9.17) is 4.74 Å². The van der Waals surface area contributed by atoms with Crippen LogP contribution in [0.3, 0.4) is 0 Å². The number of anilines is 1. The van der Waals surface area contributed by atoms with Gasteiger partial charge in [-0.25, -0.2) is 9.78 Å². The van der Waals surface area contributed by atoms with Gasteiger partial charge in [0, 0.05) is 38.6 Å². The summed E-state index contributed by atoms with van der Waals surface area (Å²) in [6.45, 7) is 5.02. The lowest BCUT2D eigenvalue weighted by Gasteiger charge is -2.31. The van der Waals surface area contributed by atoms with E-state index in [0.717, 1.165) is 0 Å². The molecule has 1 aromatic rings. The summed E-state index contributed by atoms with van der Waals surface area (Å²) in [6.07, 6.45) is 4.99. The molecule has 0 radical (unpaired) electrons. The summed E-state index contributed by atoms with van der Waals surface area (Å²) in [7, 11) is 0.